The smallest absolute Gasteiger partial charge is 0.231 e. The number of carbonyl (C=O) groups is 1. The van der Waals surface area contributed by atoms with Gasteiger partial charge in [0.2, 0.25) is 5.91 Å². The molecule has 1 aliphatic heterocycles. The van der Waals surface area contributed by atoms with E-state index in [2.05, 4.69) is 13.8 Å². The van der Waals surface area contributed by atoms with E-state index in [9.17, 15) is 4.79 Å². The third-order valence-electron chi connectivity index (χ3n) is 3.78. The van der Waals surface area contributed by atoms with E-state index in [0.29, 0.717) is 6.54 Å². The van der Waals surface area contributed by atoms with Gasteiger partial charge in [0, 0.05) is 18.8 Å². The quantitative estimate of drug-likeness (QED) is 0.778. The lowest BCUT2D eigenvalue weighted by atomic mass is 10.1. The van der Waals surface area contributed by atoms with Crippen molar-refractivity contribution in [2.45, 2.75) is 44.9 Å². The van der Waals surface area contributed by atoms with Gasteiger partial charge in [-0.2, -0.15) is 0 Å². The highest BCUT2D eigenvalue weighted by atomic mass is 16.5. The van der Waals surface area contributed by atoms with Crippen LogP contribution < -0.4 is 11.5 Å². The second-order valence-corrected chi connectivity index (χ2v) is 6.42. The lowest BCUT2D eigenvalue weighted by Crippen LogP contribution is -2.39. The van der Waals surface area contributed by atoms with Crippen molar-refractivity contribution in [3.8, 4) is 0 Å². The van der Waals surface area contributed by atoms with Crippen LogP contribution in [0, 0.1) is 0 Å². The Balaban J connectivity index is 1.97. The zero-order valence-corrected chi connectivity index (χ0v) is 12.8. The molecular weight excluding hydrogens is 266 g/mol. The van der Waals surface area contributed by atoms with Crippen LogP contribution in [0.2, 0.25) is 0 Å². The molecular formula is C16H25N3O2. The van der Waals surface area contributed by atoms with Crippen LogP contribution in [0.5, 0.6) is 0 Å². The van der Waals surface area contributed by atoms with Crippen molar-refractivity contribution in [1.29, 1.82) is 0 Å². The van der Waals surface area contributed by atoms with Crippen molar-refractivity contribution < 1.29 is 9.53 Å². The van der Waals surface area contributed by atoms with E-state index in [4.69, 9.17) is 16.2 Å². The van der Waals surface area contributed by atoms with E-state index >= 15 is 0 Å². The van der Waals surface area contributed by atoms with Gasteiger partial charge in [-0.15, -0.1) is 0 Å². The average Bonchev–Trinajstić information content (AvgIpc) is 2.70. The molecule has 1 saturated heterocycles. The van der Waals surface area contributed by atoms with Crippen molar-refractivity contribution in [3.63, 3.8) is 0 Å². The summed E-state index contributed by atoms with van der Waals surface area (Å²) in [6, 6.07) is 7.69. The Morgan fingerprint density at radius 1 is 1.38 bits per heavy atom. The molecule has 1 amide bonds. The van der Waals surface area contributed by atoms with Crippen molar-refractivity contribution >= 4 is 11.6 Å². The maximum Gasteiger partial charge on any atom is 0.231 e. The number of carbonyl (C=O) groups excluding carboxylic acids is 1. The molecule has 0 aromatic heterocycles. The number of ether oxygens (including phenoxy) is 1. The minimum absolute atomic E-state index is 0.0652. The first-order valence-corrected chi connectivity index (χ1v) is 7.37. The van der Waals surface area contributed by atoms with Gasteiger partial charge in [-0.3, -0.25) is 9.69 Å². The van der Waals surface area contributed by atoms with Crippen molar-refractivity contribution in [2.24, 2.45) is 5.73 Å². The molecule has 5 nitrogen and oxygen atoms in total. The average molecular weight is 291 g/mol. The molecule has 0 bridgehead atoms. The SMILES string of the molecule is CC1(C)CCC(CN(CC(N)=O)Cc2ccc(N)cc2)O1. The van der Waals surface area contributed by atoms with Gasteiger partial charge in [-0.25, -0.2) is 0 Å². The largest absolute Gasteiger partial charge is 0.399 e. The minimum Gasteiger partial charge on any atom is -0.399 e. The monoisotopic (exact) mass is 291 g/mol. The molecule has 21 heavy (non-hydrogen) atoms. The number of nitrogen functional groups attached to an aromatic ring is 1. The van der Waals surface area contributed by atoms with Crippen LogP contribution in [-0.4, -0.2) is 35.6 Å². The van der Waals surface area contributed by atoms with Crippen molar-refractivity contribution in [1.82, 2.24) is 4.90 Å². The first kappa shape index (κ1) is 15.8. The van der Waals surface area contributed by atoms with Crippen LogP contribution in [-0.2, 0) is 16.1 Å². The zero-order chi connectivity index (χ0) is 15.5. The Morgan fingerprint density at radius 2 is 2.05 bits per heavy atom. The lowest BCUT2D eigenvalue weighted by Gasteiger charge is -2.26. The molecule has 5 heteroatoms. The number of hydrogen-bond donors (Lipinski definition) is 2. The molecule has 0 aliphatic carbocycles. The molecule has 1 fully saturated rings. The van der Waals surface area contributed by atoms with Gasteiger partial charge >= 0.3 is 0 Å². The Bertz CT molecular complexity index is 485. The molecule has 0 saturated carbocycles. The number of anilines is 1. The van der Waals surface area contributed by atoms with Gasteiger partial charge in [0.1, 0.15) is 0 Å². The Kier molecular flexibility index (Phi) is 4.85. The highest BCUT2D eigenvalue weighted by Crippen LogP contribution is 2.29. The highest BCUT2D eigenvalue weighted by Gasteiger charge is 2.32. The molecule has 1 unspecified atom stereocenters. The van der Waals surface area contributed by atoms with E-state index in [1.54, 1.807) is 0 Å². The number of benzene rings is 1. The van der Waals surface area contributed by atoms with Crippen LogP contribution in [0.1, 0.15) is 32.3 Å². The van der Waals surface area contributed by atoms with Gasteiger partial charge in [-0.05, 0) is 44.4 Å². The van der Waals surface area contributed by atoms with Gasteiger partial charge in [0.05, 0.1) is 18.2 Å². The zero-order valence-electron chi connectivity index (χ0n) is 12.8. The maximum atomic E-state index is 11.3. The molecule has 116 valence electrons. The number of rotatable bonds is 6. The van der Waals surface area contributed by atoms with Gasteiger partial charge in [0.25, 0.3) is 0 Å². The van der Waals surface area contributed by atoms with Gasteiger partial charge in [-0.1, -0.05) is 12.1 Å². The second kappa shape index (κ2) is 6.45. The molecule has 0 spiro atoms. The fraction of sp³-hybridized carbons (Fsp3) is 0.562. The summed E-state index contributed by atoms with van der Waals surface area (Å²) in [6.45, 7) is 5.84. The molecule has 4 N–H and O–H groups in total. The summed E-state index contributed by atoms with van der Waals surface area (Å²) in [7, 11) is 0. The summed E-state index contributed by atoms with van der Waals surface area (Å²) >= 11 is 0. The number of nitrogens with two attached hydrogens (primary N) is 2. The predicted octanol–water partition coefficient (Wildman–Crippen LogP) is 1.51. The first-order valence-electron chi connectivity index (χ1n) is 7.37. The summed E-state index contributed by atoms with van der Waals surface area (Å²) in [5.41, 5.74) is 12.8. The summed E-state index contributed by atoms with van der Waals surface area (Å²) in [6.07, 6.45) is 2.22. The summed E-state index contributed by atoms with van der Waals surface area (Å²) in [5.74, 6) is -0.317. The number of hydrogen-bond acceptors (Lipinski definition) is 4. The Hall–Kier alpha value is -1.59. The van der Waals surface area contributed by atoms with Crippen LogP contribution >= 0.6 is 0 Å². The molecule has 1 aromatic rings. The van der Waals surface area contributed by atoms with Crippen LogP contribution in [0.3, 0.4) is 0 Å². The second-order valence-electron chi connectivity index (χ2n) is 6.42. The third kappa shape index (κ3) is 5.02. The molecule has 1 aromatic carbocycles. The standard InChI is InChI=1S/C16H25N3O2/c1-16(2)8-7-14(21-16)10-19(11-15(18)20)9-12-3-5-13(17)6-4-12/h3-6,14H,7-11,17H2,1-2H3,(H2,18,20). The Labute approximate surface area is 126 Å². The fourth-order valence-corrected chi connectivity index (χ4v) is 2.78. The van der Waals surface area contributed by atoms with Gasteiger partial charge in [0.15, 0.2) is 0 Å². The third-order valence-corrected chi connectivity index (χ3v) is 3.78. The van der Waals surface area contributed by atoms with Crippen LogP contribution in [0.4, 0.5) is 5.69 Å². The van der Waals surface area contributed by atoms with Crippen molar-refractivity contribution in [2.75, 3.05) is 18.8 Å². The first-order chi connectivity index (χ1) is 9.84. The van der Waals surface area contributed by atoms with E-state index in [0.717, 1.165) is 30.6 Å². The van der Waals surface area contributed by atoms with E-state index in [1.165, 1.54) is 0 Å². The molecule has 2 rings (SSSR count). The minimum atomic E-state index is -0.317. The lowest BCUT2D eigenvalue weighted by molar-refractivity contribution is -0.119. The molecule has 0 radical (unpaired) electrons. The van der Waals surface area contributed by atoms with Crippen LogP contribution in [0.15, 0.2) is 24.3 Å². The molecule has 1 heterocycles. The number of nitrogens with zero attached hydrogens (tertiary/aromatic N) is 1. The highest BCUT2D eigenvalue weighted by molar-refractivity contribution is 5.75. The number of primary amides is 1. The topological polar surface area (TPSA) is 81.6 Å². The summed E-state index contributed by atoms with van der Waals surface area (Å²) < 4.78 is 6.00. The molecule has 1 atom stereocenters. The van der Waals surface area contributed by atoms with E-state index in [-0.39, 0.29) is 24.2 Å². The summed E-state index contributed by atoms with van der Waals surface area (Å²) in [4.78, 5) is 13.3. The summed E-state index contributed by atoms with van der Waals surface area (Å²) in [5, 5.41) is 0. The normalized spacial score (nSPS) is 20.8. The number of amides is 1. The predicted molar refractivity (Wildman–Crippen MR) is 83.5 cm³/mol. The Morgan fingerprint density at radius 3 is 2.57 bits per heavy atom. The van der Waals surface area contributed by atoms with E-state index < -0.39 is 0 Å². The van der Waals surface area contributed by atoms with Crippen LogP contribution in [0.25, 0.3) is 0 Å². The van der Waals surface area contributed by atoms with Gasteiger partial charge < -0.3 is 16.2 Å². The fourth-order valence-electron chi connectivity index (χ4n) is 2.78. The van der Waals surface area contributed by atoms with Crippen molar-refractivity contribution in [3.05, 3.63) is 29.8 Å². The van der Waals surface area contributed by atoms with E-state index in [1.807, 2.05) is 29.2 Å². The maximum absolute atomic E-state index is 11.3. The molecule has 1 aliphatic rings.